The number of aliphatic hydroxyl groups excluding tert-OH is 1. The van der Waals surface area contributed by atoms with Crippen molar-refractivity contribution in [2.24, 2.45) is 5.92 Å². The zero-order valence-electron chi connectivity index (χ0n) is 10.4. The number of hydrogen-bond donors (Lipinski definition) is 2. The third kappa shape index (κ3) is 2.59. The number of thiophene rings is 1. The summed E-state index contributed by atoms with van der Waals surface area (Å²) in [5, 5.41) is 10.1. The number of nitrogen functional groups attached to an aromatic ring is 1. The maximum Gasteiger partial charge on any atom is 0.350 e. The number of rotatable bonds is 3. The fraction of sp³-hybridized carbons (Fsp3) is 0.583. The summed E-state index contributed by atoms with van der Waals surface area (Å²) in [5.74, 6) is 0.0210. The number of ether oxygens (including phenoxy) is 1. The highest BCUT2D eigenvalue weighted by atomic mass is 32.1. The van der Waals surface area contributed by atoms with Crippen molar-refractivity contribution in [2.75, 3.05) is 37.4 Å². The fourth-order valence-corrected chi connectivity index (χ4v) is 3.19. The van der Waals surface area contributed by atoms with Crippen LogP contribution in [0.2, 0.25) is 0 Å². The fourth-order valence-electron chi connectivity index (χ4n) is 2.14. The Balaban J connectivity index is 2.08. The molecule has 6 heteroatoms. The zero-order valence-corrected chi connectivity index (χ0v) is 11.2. The molecule has 1 aromatic heterocycles. The van der Waals surface area contributed by atoms with Crippen molar-refractivity contribution in [2.45, 2.75) is 12.8 Å². The van der Waals surface area contributed by atoms with Crippen LogP contribution < -0.4 is 10.6 Å². The predicted octanol–water partition coefficient (Wildman–Crippen LogP) is 1.33. The van der Waals surface area contributed by atoms with Gasteiger partial charge in [-0.15, -0.1) is 11.3 Å². The smallest absolute Gasteiger partial charge is 0.350 e. The molecule has 1 saturated heterocycles. The average Bonchev–Trinajstić information content (AvgIpc) is 2.80. The number of nitrogens with zero attached hydrogens (tertiary/aromatic N) is 1. The number of nitrogens with two attached hydrogens (primary N) is 1. The largest absolute Gasteiger partial charge is 0.465 e. The first-order valence-electron chi connectivity index (χ1n) is 5.99. The number of aliphatic hydroxyl groups is 1. The van der Waals surface area contributed by atoms with Gasteiger partial charge in [0.1, 0.15) is 4.88 Å². The number of hydrogen-bond acceptors (Lipinski definition) is 6. The lowest BCUT2D eigenvalue weighted by Crippen LogP contribution is -2.34. The van der Waals surface area contributed by atoms with E-state index >= 15 is 0 Å². The molecule has 0 amide bonds. The molecular formula is C12H18N2O3S. The van der Waals surface area contributed by atoms with E-state index in [1.165, 1.54) is 18.4 Å². The maximum absolute atomic E-state index is 11.5. The molecule has 18 heavy (non-hydrogen) atoms. The van der Waals surface area contributed by atoms with Gasteiger partial charge in [0.2, 0.25) is 0 Å². The third-order valence-electron chi connectivity index (χ3n) is 3.30. The second kappa shape index (κ2) is 5.58. The molecule has 0 aliphatic carbocycles. The maximum atomic E-state index is 11.5. The van der Waals surface area contributed by atoms with Crippen molar-refractivity contribution in [3.8, 4) is 0 Å². The van der Waals surface area contributed by atoms with Crippen molar-refractivity contribution in [1.29, 1.82) is 0 Å². The Morgan fingerprint density at radius 3 is 2.83 bits per heavy atom. The topological polar surface area (TPSA) is 75.8 Å². The van der Waals surface area contributed by atoms with Crippen LogP contribution in [-0.4, -0.2) is 37.9 Å². The first-order valence-corrected chi connectivity index (χ1v) is 6.80. The molecular weight excluding hydrogens is 252 g/mol. The number of carbonyl (C=O) groups excluding carboxylic acids is 1. The van der Waals surface area contributed by atoms with Crippen LogP contribution in [0.25, 0.3) is 0 Å². The van der Waals surface area contributed by atoms with E-state index in [1.54, 1.807) is 0 Å². The van der Waals surface area contributed by atoms with E-state index in [1.807, 2.05) is 6.07 Å². The minimum absolute atomic E-state index is 0.258. The Kier molecular flexibility index (Phi) is 4.08. The summed E-state index contributed by atoms with van der Waals surface area (Å²) >= 11 is 1.37. The van der Waals surface area contributed by atoms with E-state index < -0.39 is 0 Å². The van der Waals surface area contributed by atoms with Crippen LogP contribution in [0.15, 0.2) is 6.07 Å². The monoisotopic (exact) mass is 270 g/mol. The van der Waals surface area contributed by atoms with Crippen LogP contribution in [0.3, 0.4) is 0 Å². The zero-order chi connectivity index (χ0) is 13.1. The SMILES string of the molecule is COC(=O)c1sc(N2CCC(CO)CC2)cc1N. The van der Waals surface area contributed by atoms with Crippen molar-refractivity contribution in [1.82, 2.24) is 0 Å². The van der Waals surface area contributed by atoms with E-state index in [0.717, 1.165) is 30.9 Å². The minimum atomic E-state index is -0.381. The van der Waals surface area contributed by atoms with Crippen molar-refractivity contribution in [3.63, 3.8) is 0 Å². The predicted molar refractivity (Wildman–Crippen MR) is 72.1 cm³/mol. The van der Waals surface area contributed by atoms with Gasteiger partial charge in [-0.1, -0.05) is 0 Å². The summed E-state index contributed by atoms with van der Waals surface area (Å²) in [5.41, 5.74) is 6.30. The molecule has 0 unspecified atom stereocenters. The second-order valence-electron chi connectivity index (χ2n) is 4.47. The molecule has 1 aliphatic heterocycles. The highest BCUT2D eigenvalue weighted by molar-refractivity contribution is 7.18. The number of methoxy groups -OCH3 is 1. The standard InChI is InChI=1S/C12H18N2O3S/c1-17-12(16)11-9(13)6-10(18-11)14-4-2-8(7-15)3-5-14/h6,8,15H,2-5,7,13H2,1H3. The quantitative estimate of drug-likeness (QED) is 0.810. The number of esters is 1. The van der Waals surface area contributed by atoms with Gasteiger partial charge in [-0.3, -0.25) is 0 Å². The summed E-state index contributed by atoms with van der Waals surface area (Å²) < 4.78 is 4.69. The average molecular weight is 270 g/mol. The molecule has 0 aromatic carbocycles. The number of piperidine rings is 1. The number of anilines is 2. The van der Waals surface area contributed by atoms with E-state index in [9.17, 15) is 4.79 Å². The molecule has 100 valence electrons. The van der Waals surface area contributed by atoms with Crippen LogP contribution >= 0.6 is 11.3 Å². The molecule has 0 bridgehead atoms. The first-order chi connectivity index (χ1) is 8.65. The van der Waals surface area contributed by atoms with Gasteiger partial charge in [-0.2, -0.15) is 0 Å². The molecule has 0 atom stereocenters. The van der Waals surface area contributed by atoms with Gasteiger partial charge < -0.3 is 20.5 Å². The molecule has 0 saturated carbocycles. The molecule has 1 aromatic rings. The van der Waals surface area contributed by atoms with Crippen LogP contribution in [0, 0.1) is 5.92 Å². The van der Waals surface area contributed by atoms with E-state index in [4.69, 9.17) is 15.6 Å². The normalized spacial score (nSPS) is 16.9. The lowest BCUT2D eigenvalue weighted by Gasteiger charge is -2.31. The van der Waals surface area contributed by atoms with Crippen LogP contribution in [0.1, 0.15) is 22.5 Å². The van der Waals surface area contributed by atoms with Crippen LogP contribution in [-0.2, 0) is 4.74 Å². The molecule has 0 spiro atoms. The molecule has 3 N–H and O–H groups in total. The number of carbonyl (C=O) groups is 1. The van der Waals surface area contributed by atoms with E-state index in [-0.39, 0.29) is 12.6 Å². The van der Waals surface area contributed by atoms with E-state index in [2.05, 4.69) is 4.90 Å². The Labute approximate surface area is 110 Å². The van der Waals surface area contributed by atoms with Gasteiger partial charge in [0.15, 0.2) is 0 Å². The Morgan fingerprint density at radius 2 is 2.28 bits per heavy atom. The summed E-state index contributed by atoms with van der Waals surface area (Å²) in [6.07, 6.45) is 1.95. The second-order valence-corrected chi connectivity index (χ2v) is 5.50. The molecule has 5 nitrogen and oxygen atoms in total. The highest BCUT2D eigenvalue weighted by Crippen LogP contribution is 2.34. The van der Waals surface area contributed by atoms with Gasteiger partial charge in [0.25, 0.3) is 0 Å². The Bertz CT molecular complexity index is 425. The first kappa shape index (κ1) is 13.2. The molecule has 2 heterocycles. The highest BCUT2D eigenvalue weighted by Gasteiger charge is 2.22. The van der Waals surface area contributed by atoms with Gasteiger partial charge in [-0.25, -0.2) is 4.79 Å². The summed E-state index contributed by atoms with van der Waals surface area (Å²) in [7, 11) is 1.36. The van der Waals surface area contributed by atoms with Gasteiger partial charge >= 0.3 is 5.97 Å². The molecule has 0 radical (unpaired) electrons. The van der Waals surface area contributed by atoms with Crippen molar-refractivity contribution in [3.05, 3.63) is 10.9 Å². The molecule has 2 rings (SSSR count). The van der Waals surface area contributed by atoms with Crippen LogP contribution in [0.4, 0.5) is 10.7 Å². The lowest BCUT2D eigenvalue weighted by atomic mass is 9.98. The lowest BCUT2D eigenvalue weighted by molar-refractivity contribution is 0.0607. The van der Waals surface area contributed by atoms with Gasteiger partial charge in [0, 0.05) is 19.7 Å². The Hall–Kier alpha value is -1.27. The van der Waals surface area contributed by atoms with Gasteiger partial charge in [0.05, 0.1) is 17.8 Å². The molecule has 1 aliphatic rings. The van der Waals surface area contributed by atoms with Crippen molar-refractivity contribution < 1.29 is 14.6 Å². The Morgan fingerprint density at radius 1 is 1.61 bits per heavy atom. The summed E-state index contributed by atoms with van der Waals surface area (Å²) in [6, 6.07) is 1.83. The minimum Gasteiger partial charge on any atom is -0.465 e. The van der Waals surface area contributed by atoms with Crippen LogP contribution in [0.5, 0.6) is 0 Å². The van der Waals surface area contributed by atoms with Crippen molar-refractivity contribution >= 4 is 28.0 Å². The van der Waals surface area contributed by atoms with Gasteiger partial charge in [-0.05, 0) is 24.8 Å². The van der Waals surface area contributed by atoms with E-state index in [0.29, 0.717) is 16.5 Å². The third-order valence-corrected chi connectivity index (χ3v) is 4.49. The summed E-state index contributed by atoms with van der Waals surface area (Å²) in [4.78, 5) is 14.2. The summed E-state index contributed by atoms with van der Waals surface area (Å²) in [6.45, 7) is 2.05. The molecule has 1 fully saturated rings.